The van der Waals surface area contributed by atoms with E-state index in [0.717, 1.165) is 25.7 Å². The highest BCUT2D eigenvalue weighted by molar-refractivity contribution is 5.32. The molecule has 0 fully saturated rings. The van der Waals surface area contributed by atoms with E-state index in [-0.39, 0.29) is 12.7 Å². The molecular weight excluding hydrogens is 248 g/mol. The van der Waals surface area contributed by atoms with Crippen LogP contribution in [0.4, 0.5) is 0 Å². The number of aliphatic hydroxyl groups excluding tert-OH is 2. The standard InChI is InChI=1S/C18H24O2/c1-2-15-18(20)16-13-11-9-7-5-3-4-6-8-10-12-14-17-19/h5,7,9,11-12,14,18-20H,2,10,13,15-17H2,1H3. The Bertz CT molecular complexity index is 422. The summed E-state index contributed by atoms with van der Waals surface area (Å²) in [5, 5.41) is 18.0. The summed E-state index contributed by atoms with van der Waals surface area (Å²) < 4.78 is 0. The van der Waals surface area contributed by atoms with E-state index in [4.69, 9.17) is 5.11 Å². The molecule has 0 radical (unpaired) electrons. The Balaban J connectivity index is 3.73. The van der Waals surface area contributed by atoms with Gasteiger partial charge in [-0.05, 0) is 37.2 Å². The summed E-state index contributed by atoms with van der Waals surface area (Å²) in [7, 11) is 0. The van der Waals surface area contributed by atoms with Crippen LogP contribution in [0.3, 0.4) is 0 Å². The minimum absolute atomic E-state index is 0.0535. The monoisotopic (exact) mass is 272 g/mol. The largest absolute Gasteiger partial charge is 0.393 e. The maximum Gasteiger partial charge on any atom is 0.0612 e. The van der Waals surface area contributed by atoms with E-state index in [1.165, 1.54) is 0 Å². The third-order valence-electron chi connectivity index (χ3n) is 2.43. The lowest BCUT2D eigenvalue weighted by atomic mass is 10.1. The molecule has 0 aliphatic heterocycles. The SMILES string of the molecule is CCCC(O)CCC=CC=CC#CC#CCC=CCO. The Morgan fingerprint density at radius 3 is 2.65 bits per heavy atom. The first-order valence-corrected chi connectivity index (χ1v) is 7.05. The summed E-state index contributed by atoms with van der Waals surface area (Å²) in [4.78, 5) is 0. The van der Waals surface area contributed by atoms with Crippen LogP contribution in [-0.2, 0) is 0 Å². The first-order chi connectivity index (χ1) is 9.81. The molecule has 0 spiro atoms. The highest BCUT2D eigenvalue weighted by atomic mass is 16.3. The van der Waals surface area contributed by atoms with Crippen molar-refractivity contribution in [2.45, 2.75) is 45.1 Å². The smallest absolute Gasteiger partial charge is 0.0612 e. The average Bonchev–Trinajstić information content (AvgIpc) is 2.44. The number of allylic oxidation sites excluding steroid dienone is 5. The fourth-order valence-corrected chi connectivity index (χ4v) is 1.43. The van der Waals surface area contributed by atoms with E-state index in [1.54, 1.807) is 18.2 Å². The molecule has 2 nitrogen and oxygen atoms in total. The fourth-order valence-electron chi connectivity index (χ4n) is 1.43. The zero-order chi connectivity index (χ0) is 14.9. The van der Waals surface area contributed by atoms with Gasteiger partial charge in [0.2, 0.25) is 0 Å². The number of hydrogen-bond donors (Lipinski definition) is 2. The summed E-state index contributed by atoms with van der Waals surface area (Å²) >= 11 is 0. The molecule has 0 amide bonds. The molecule has 1 unspecified atom stereocenters. The second-order valence-corrected chi connectivity index (χ2v) is 4.24. The summed E-state index contributed by atoms with van der Waals surface area (Å²) in [5.74, 6) is 11.1. The van der Waals surface area contributed by atoms with Crippen molar-refractivity contribution in [3.05, 3.63) is 36.5 Å². The van der Waals surface area contributed by atoms with Gasteiger partial charge in [-0.2, -0.15) is 0 Å². The number of aliphatic hydroxyl groups is 2. The fraction of sp³-hybridized carbons (Fsp3) is 0.444. The molecule has 20 heavy (non-hydrogen) atoms. The van der Waals surface area contributed by atoms with Crippen LogP contribution in [-0.4, -0.2) is 22.9 Å². The van der Waals surface area contributed by atoms with Crippen molar-refractivity contribution in [1.82, 2.24) is 0 Å². The first kappa shape index (κ1) is 18.3. The van der Waals surface area contributed by atoms with Crippen molar-refractivity contribution < 1.29 is 10.2 Å². The maximum absolute atomic E-state index is 9.52. The van der Waals surface area contributed by atoms with Gasteiger partial charge in [0.25, 0.3) is 0 Å². The van der Waals surface area contributed by atoms with Gasteiger partial charge in [0.15, 0.2) is 0 Å². The van der Waals surface area contributed by atoms with Crippen LogP contribution in [0, 0.1) is 23.7 Å². The quantitative estimate of drug-likeness (QED) is 0.405. The molecule has 0 rings (SSSR count). The van der Waals surface area contributed by atoms with Crippen LogP contribution in [0.5, 0.6) is 0 Å². The zero-order valence-corrected chi connectivity index (χ0v) is 12.2. The Morgan fingerprint density at radius 2 is 1.90 bits per heavy atom. The topological polar surface area (TPSA) is 40.5 Å². The maximum atomic E-state index is 9.52. The van der Waals surface area contributed by atoms with Crippen molar-refractivity contribution >= 4 is 0 Å². The molecule has 0 heterocycles. The van der Waals surface area contributed by atoms with E-state index in [0.29, 0.717) is 6.42 Å². The third kappa shape index (κ3) is 14.3. The molecule has 0 aliphatic rings. The Kier molecular flexibility index (Phi) is 14.0. The van der Waals surface area contributed by atoms with Gasteiger partial charge in [-0.25, -0.2) is 0 Å². The first-order valence-electron chi connectivity index (χ1n) is 7.05. The van der Waals surface area contributed by atoms with Gasteiger partial charge < -0.3 is 10.2 Å². The predicted octanol–water partition coefficient (Wildman–Crippen LogP) is 2.99. The molecule has 0 saturated heterocycles. The number of hydrogen-bond acceptors (Lipinski definition) is 2. The van der Waals surface area contributed by atoms with Gasteiger partial charge in [-0.1, -0.05) is 55.6 Å². The van der Waals surface area contributed by atoms with E-state index in [1.807, 2.05) is 18.2 Å². The van der Waals surface area contributed by atoms with Crippen LogP contribution in [0.1, 0.15) is 39.0 Å². The molecule has 2 heteroatoms. The lowest BCUT2D eigenvalue weighted by Gasteiger charge is -2.05. The van der Waals surface area contributed by atoms with Gasteiger partial charge in [-0.3, -0.25) is 0 Å². The lowest BCUT2D eigenvalue weighted by molar-refractivity contribution is 0.155. The minimum atomic E-state index is -0.177. The van der Waals surface area contributed by atoms with Crippen LogP contribution < -0.4 is 0 Å². The predicted molar refractivity (Wildman–Crippen MR) is 84.8 cm³/mol. The van der Waals surface area contributed by atoms with E-state index in [2.05, 4.69) is 30.6 Å². The summed E-state index contributed by atoms with van der Waals surface area (Å²) in [5.41, 5.74) is 0. The summed E-state index contributed by atoms with van der Waals surface area (Å²) in [6, 6.07) is 0. The van der Waals surface area contributed by atoms with Gasteiger partial charge in [0, 0.05) is 6.42 Å². The number of rotatable bonds is 8. The summed E-state index contributed by atoms with van der Waals surface area (Å²) in [6.45, 7) is 2.13. The van der Waals surface area contributed by atoms with Gasteiger partial charge in [0.05, 0.1) is 12.7 Å². The van der Waals surface area contributed by atoms with E-state index < -0.39 is 0 Å². The molecule has 1 atom stereocenters. The average molecular weight is 272 g/mol. The third-order valence-corrected chi connectivity index (χ3v) is 2.43. The second kappa shape index (κ2) is 15.3. The lowest BCUT2D eigenvalue weighted by Crippen LogP contribution is -2.04. The van der Waals surface area contributed by atoms with Crippen molar-refractivity contribution in [2.24, 2.45) is 0 Å². The van der Waals surface area contributed by atoms with Gasteiger partial charge >= 0.3 is 0 Å². The van der Waals surface area contributed by atoms with E-state index in [9.17, 15) is 5.11 Å². The second-order valence-electron chi connectivity index (χ2n) is 4.24. The molecule has 0 saturated carbocycles. The highest BCUT2D eigenvalue weighted by Gasteiger charge is 1.98. The van der Waals surface area contributed by atoms with Crippen LogP contribution in [0.2, 0.25) is 0 Å². The van der Waals surface area contributed by atoms with Crippen LogP contribution >= 0.6 is 0 Å². The van der Waals surface area contributed by atoms with Gasteiger partial charge in [0.1, 0.15) is 0 Å². The van der Waals surface area contributed by atoms with Gasteiger partial charge in [-0.15, -0.1) is 0 Å². The minimum Gasteiger partial charge on any atom is -0.393 e. The van der Waals surface area contributed by atoms with Crippen molar-refractivity contribution in [3.63, 3.8) is 0 Å². The Morgan fingerprint density at radius 1 is 1.05 bits per heavy atom. The Hall–Kier alpha value is -1.74. The van der Waals surface area contributed by atoms with Crippen molar-refractivity contribution in [3.8, 4) is 23.7 Å². The normalized spacial score (nSPS) is 12.3. The van der Waals surface area contributed by atoms with Crippen LogP contribution in [0.15, 0.2) is 36.5 Å². The molecule has 0 aromatic carbocycles. The molecule has 0 aromatic heterocycles. The highest BCUT2D eigenvalue weighted by Crippen LogP contribution is 2.04. The molecule has 0 aromatic rings. The molecule has 2 N–H and O–H groups in total. The zero-order valence-electron chi connectivity index (χ0n) is 12.2. The van der Waals surface area contributed by atoms with Crippen molar-refractivity contribution in [2.75, 3.05) is 6.61 Å². The molecule has 108 valence electrons. The molecule has 0 bridgehead atoms. The van der Waals surface area contributed by atoms with E-state index >= 15 is 0 Å². The summed E-state index contributed by atoms with van der Waals surface area (Å²) in [6.07, 6.45) is 15.1. The van der Waals surface area contributed by atoms with Crippen molar-refractivity contribution in [1.29, 1.82) is 0 Å². The molecule has 0 aliphatic carbocycles. The molecular formula is C18H24O2. The van der Waals surface area contributed by atoms with Crippen LogP contribution in [0.25, 0.3) is 0 Å². The Labute approximate surface area is 122 Å².